The van der Waals surface area contributed by atoms with E-state index in [9.17, 15) is 22.8 Å². The number of halogens is 1. The Morgan fingerprint density at radius 1 is 1.15 bits per heavy atom. The topological polar surface area (TPSA) is 104 Å². The summed E-state index contributed by atoms with van der Waals surface area (Å²) in [6, 6.07) is 12.1. The zero-order chi connectivity index (χ0) is 24.9. The summed E-state index contributed by atoms with van der Waals surface area (Å²) in [4.78, 5) is 39.9. The number of carbonyl (C=O) groups is 3. The van der Waals surface area contributed by atoms with E-state index in [2.05, 4.69) is 5.32 Å². The highest BCUT2D eigenvalue weighted by Crippen LogP contribution is 2.30. The van der Waals surface area contributed by atoms with Gasteiger partial charge in [0.2, 0.25) is 11.8 Å². The molecule has 1 aliphatic rings. The summed E-state index contributed by atoms with van der Waals surface area (Å²) in [6.07, 6.45) is 1.48. The maximum Gasteiger partial charge on any atom is 0.269 e. The molecule has 1 heterocycles. The Morgan fingerprint density at radius 2 is 1.88 bits per heavy atom. The van der Waals surface area contributed by atoms with Gasteiger partial charge in [-0.25, -0.2) is 12.7 Å². The SMILES string of the molecule is CCCCNC(=O)C(C)N(Cc1cccc(Cl)c1)C(=O)CCN1C(=O)c2ccccc2S1(=O)=O. The van der Waals surface area contributed by atoms with E-state index in [4.69, 9.17) is 11.6 Å². The second kappa shape index (κ2) is 11.0. The molecule has 0 aliphatic carbocycles. The van der Waals surface area contributed by atoms with E-state index in [-0.39, 0.29) is 35.9 Å². The molecule has 0 fully saturated rings. The minimum Gasteiger partial charge on any atom is -0.354 e. The molecule has 3 amide bonds. The fourth-order valence-electron chi connectivity index (χ4n) is 3.74. The number of benzene rings is 2. The molecule has 8 nitrogen and oxygen atoms in total. The number of hydrogen-bond donors (Lipinski definition) is 1. The highest BCUT2D eigenvalue weighted by Gasteiger charge is 2.41. The van der Waals surface area contributed by atoms with Crippen LogP contribution in [-0.2, 0) is 26.2 Å². The molecule has 3 rings (SSSR count). The van der Waals surface area contributed by atoms with Gasteiger partial charge in [-0.3, -0.25) is 14.4 Å². The molecule has 0 spiro atoms. The monoisotopic (exact) mass is 505 g/mol. The van der Waals surface area contributed by atoms with Crippen LogP contribution in [0.2, 0.25) is 5.02 Å². The minimum atomic E-state index is -4.02. The molecule has 182 valence electrons. The number of rotatable bonds is 10. The van der Waals surface area contributed by atoms with Gasteiger partial charge in [0, 0.05) is 31.1 Å². The molecular formula is C24H28ClN3O5S. The number of amides is 3. The first-order chi connectivity index (χ1) is 16.2. The van der Waals surface area contributed by atoms with Crippen LogP contribution in [0.5, 0.6) is 0 Å². The van der Waals surface area contributed by atoms with Crippen LogP contribution in [0.25, 0.3) is 0 Å². The van der Waals surface area contributed by atoms with Gasteiger partial charge >= 0.3 is 0 Å². The summed E-state index contributed by atoms with van der Waals surface area (Å²) >= 11 is 6.08. The molecule has 0 saturated heterocycles. The summed E-state index contributed by atoms with van der Waals surface area (Å²) in [5, 5.41) is 3.32. The number of sulfonamides is 1. The van der Waals surface area contributed by atoms with E-state index in [1.54, 1.807) is 43.3 Å². The summed E-state index contributed by atoms with van der Waals surface area (Å²) in [6.45, 7) is 3.93. The van der Waals surface area contributed by atoms with E-state index in [1.165, 1.54) is 17.0 Å². The third kappa shape index (κ3) is 5.59. The lowest BCUT2D eigenvalue weighted by atomic mass is 10.1. The normalized spacial score (nSPS) is 15.0. The molecular weight excluding hydrogens is 478 g/mol. The summed E-state index contributed by atoms with van der Waals surface area (Å²) in [5.74, 6) is -1.41. The van der Waals surface area contributed by atoms with Gasteiger partial charge in [0.15, 0.2) is 0 Å². The van der Waals surface area contributed by atoms with Crippen LogP contribution >= 0.6 is 11.6 Å². The van der Waals surface area contributed by atoms with Gasteiger partial charge < -0.3 is 10.2 Å². The third-order valence-electron chi connectivity index (χ3n) is 5.68. The highest BCUT2D eigenvalue weighted by atomic mass is 35.5. The number of nitrogens with zero attached hydrogens (tertiary/aromatic N) is 2. The summed E-state index contributed by atoms with van der Waals surface area (Å²) < 4.78 is 26.3. The highest BCUT2D eigenvalue weighted by molar-refractivity contribution is 7.90. The van der Waals surface area contributed by atoms with Crippen molar-refractivity contribution in [3.8, 4) is 0 Å². The average Bonchev–Trinajstić information content (AvgIpc) is 3.00. The van der Waals surface area contributed by atoms with Crippen LogP contribution in [0.3, 0.4) is 0 Å². The number of carbonyl (C=O) groups excluding carboxylic acids is 3. The lowest BCUT2D eigenvalue weighted by molar-refractivity contribution is -0.140. The first kappa shape index (κ1) is 25.7. The van der Waals surface area contributed by atoms with Crippen LogP contribution in [-0.4, -0.2) is 54.5 Å². The Bertz CT molecular complexity index is 1180. The molecule has 2 aromatic rings. The van der Waals surface area contributed by atoms with E-state index in [0.717, 1.165) is 22.7 Å². The molecule has 1 N–H and O–H groups in total. The summed E-state index contributed by atoms with van der Waals surface area (Å²) in [5.41, 5.74) is 0.820. The van der Waals surface area contributed by atoms with Crippen LogP contribution < -0.4 is 5.32 Å². The fourth-order valence-corrected chi connectivity index (χ4v) is 5.53. The largest absolute Gasteiger partial charge is 0.354 e. The lowest BCUT2D eigenvalue weighted by Gasteiger charge is -2.29. The van der Waals surface area contributed by atoms with Crippen molar-refractivity contribution in [3.63, 3.8) is 0 Å². The molecule has 34 heavy (non-hydrogen) atoms. The lowest BCUT2D eigenvalue weighted by Crippen LogP contribution is -2.48. The van der Waals surface area contributed by atoms with Gasteiger partial charge in [0.1, 0.15) is 10.9 Å². The Balaban J connectivity index is 1.77. The number of nitrogens with one attached hydrogen (secondary N) is 1. The molecule has 0 bridgehead atoms. The molecule has 1 atom stereocenters. The first-order valence-corrected chi connectivity index (χ1v) is 13.0. The number of fused-ring (bicyclic) bond motifs is 1. The van der Waals surface area contributed by atoms with Crippen molar-refractivity contribution in [2.45, 2.75) is 50.6 Å². The van der Waals surface area contributed by atoms with Gasteiger partial charge in [-0.15, -0.1) is 0 Å². The summed E-state index contributed by atoms with van der Waals surface area (Å²) in [7, 11) is -4.02. The Labute approximate surface area is 204 Å². The zero-order valence-corrected chi connectivity index (χ0v) is 20.7. The van der Waals surface area contributed by atoms with Gasteiger partial charge in [-0.1, -0.05) is 49.2 Å². The van der Waals surface area contributed by atoms with Gasteiger partial charge in [-0.2, -0.15) is 0 Å². The van der Waals surface area contributed by atoms with Crippen LogP contribution in [0.4, 0.5) is 0 Å². The molecule has 1 aliphatic heterocycles. The Kier molecular flexibility index (Phi) is 8.33. The maximum absolute atomic E-state index is 13.2. The molecule has 2 aromatic carbocycles. The van der Waals surface area contributed by atoms with Crippen molar-refractivity contribution in [1.29, 1.82) is 0 Å². The van der Waals surface area contributed by atoms with Crippen LogP contribution in [0.15, 0.2) is 53.4 Å². The van der Waals surface area contributed by atoms with Crippen molar-refractivity contribution in [2.75, 3.05) is 13.1 Å². The molecule has 0 radical (unpaired) electrons. The van der Waals surface area contributed by atoms with Crippen LogP contribution in [0.1, 0.15) is 49.0 Å². The van der Waals surface area contributed by atoms with Crippen molar-refractivity contribution in [3.05, 3.63) is 64.7 Å². The minimum absolute atomic E-state index is 0.0631. The third-order valence-corrected chi connectivity index (χ3v) is 7.76. The Morgan fingerprint density at radius 3 is 2.56 bits per heavy atom. The van der Waals surface area contributed by atoms with Gasteiger partial charge in [0.05, 0.1) is 5.56 Å². The van der Waals surface area contributed by atoms with Gasteiger partial charge in [0.25, 0.3) is 15.9 Å². The Hall–Kier alpha value is -2.91. The van der Waals surface area contributed by atoms with E-state index >= 15 is 0 Å². The van der Waals surface area contributed by atoms with Crippen LogP contribution in [0, 0.1) is 0 Å². The van der Waals surface area contributed by atoms with E-state index in [1.807, 2.05) is 6.92 Å². The average molecular weight is 506 g/mol. The predicted octanol–water partition coefficient (Wildman–Crippen LogP) is 3.21. The van der Waals surface area contributed by atoms with Crippen molar-refractivity contribution < 1.29 is 22.8 Å². The molecule has 10 heteroatoms. The van der Waals surface area contributed by atoms with Gasteiger partial charge in [-0.05, 0) is 43.2 Å². The smallest absolute Gasteiger partial charge is 0.269 e. The number of unbranched alkanes of at least 4 members (excludes halogenated alkanes) is 1. The number of hydrogen-bond acceptors (Lipinski definition) is 5. The maximum atomic E-state index is 13.2. The second-order valence-corrected chi connectivity index (χ2v) is 10.4. The molecule has 0 saturated carbocycles. The quantitative estimate of drug-likeness (QED) is 0.499. The second-order valence-electron chi connectivity index (χ2n) is 8.10. The first-order valence-electron chi connectivity index (χ1n) is 11.1. The fraction of sp³-hybridized carbons (Fsp3) is 0.375. The molecule has 0 aromatic heterocycles. The molecule has 1 unspecified atom stereocenters. The standard InChI is InChI=1S/C24H28ClN3O5S/c1-3-4-13-26-23(30)17(2)27(16-18-8-7-9-19(25)15-18)22(29)12-14-28-24(31)20-10-5-6-11-21(20)34(28,32)33/h5-11,15,17H,3-4,12-14,16H2,1-2H3,(H,26,30). The van der Waals surface area contributed by atoms with Crippen molar-refractivity contribution in [1.82, 2.24) is 14.5 Å². The van der Waals surface area contributed by atoms with Crippen molar-refractivity contribution in [2.24, 2.45) is 0 Å². The predicted molar refractivity (Wildman–Crippen MR) is 129 cm³/mol. The zero-order valence-electron chi connectivity index (χ0n) is 19.2. The van der Waals surface area contributed by atoms with Crippen molar-refractivity contribution >= 4 is 39.3 Å². The van der Waals surface area contributed by atoms with E-state index in [0.29, 0.717) is 11.6 Å². The van der Waals surface area contributed by atoms with E-state index < -0.39 is 27.9 Å².